The molecule has 122 valence electrons. The fraction of sp³-hybridized carbons (Fsp3) is 0.800. The Labute approximate surface area is 127 Å². The summed E-state index contributed by atoms with van der Waals surface area (Å²) in [6, 6.07) is 0. The summed E-state index contributed by atoms with van der Waals surface area (Å²) in [5.74, 6) is -1.14. The minimum Gasteiger partial charge on any atom is -0.469 e. The lowest BCUT2D eigenvalue weighted by Crippen LogP contribution is -2.51. The Morgan fingerprint density at radius 3 is 2.00 bits per heavy atom. The number of hydrogen-bond acceptors (Lipinski definition) is 4. The second kappa shape index (κ2) is 7.43. The van der Waals surface area contributed by atoms with E-state index in [2.05, 4.69) is 10.9 Å². The van der Waals surface area contributed by atoms with Crippen LogP contribution in [0.15, 0.2) is 0 Å². The van der Waals surface area contributed by atoms with Gasteiger partial charge in [-0.3, -0.25) is 25.2 Å². The van der Waals surface area contributed by atoms with Gasteiger partial charge >= 0.3 is 5.97 Å². The van der Waals surface area contributed by atoms with Crippen LogP contribution in [-0.2, 0) is 19.1 Å². The van der Waals surface area contributed by atoms with Crippen LogP contribution in [0.4, 0.5) is 0 Å². The van der Waals surface area contributed by atoms with Gasteiger partial charge in [0.05, 0.1) is 12.5 Å². The highest BCUT2D eigenvalue weighted by Crippen LogP contribution is 2.37. The van der Waals surface area contributed by atoms with Crippen molar-refractivity contribution in [2.75, 3.05) is 7.11 Å². The Morgan fingerprint density at radius 2 is 1.62 bits per heavy atom. The Bertz CT molecular complexity index is 404. The average molecular weight is 300 g/mol. The van der Waals surface area contributed by atoms with Gasteiger partial charge in [-0.25, -0.2) is 0 Å². The third-order valence-electron chi connectivity index (χ3n) is 3.72. The summed E-state index contributed by atoms with van der Waals surface area (Å²) in [6.07, 6.45) is 0.864. The Kier molecular flexibility index (Phi) is 6.86. The van der Waals surface area contributed by atoms with Crippen molar-refractivity contribution < 1.29 is 19.1 Å². The number of carbonyl (C=O) groups excluding carboxylic acids is 3. The van der Waals surface area contributed by atoms with Crippen LogP contribution in [0, 0.1) is 16.7 Å². The normalized spacial score (nSPS) is 14.3. The van der Waals surface area contributed by atoms with Crippen LogP contribution < -0.4 is 10.9 Å². The smallest absolute Gasteiger partial charge is 0.311 e. The van der Waals surface area contributed by atoms with Gasteiger partial charge in [-0.05, 0) is 26.7 Å². The third-order valence-corrected chi connectivity index (χ3v) is 3.72. The van der Waals surface area contributed by atoms with E-state index < -0.39 is 10.8 Å². The first-order valence-electron chi connectivity index (χ1n) is 7.19. The quantitative estimate of drug-likeness (QED) is 0.578. The molecule has 21 heavy (non-hydrogen) atoms. The molecule has 0 saturated carbocycles. The number of carbonyl (C=O) groups is 3. The van der Waals surface area contributed by atoms with E-state index in [9.17, 15) is 14.4 Å². The molecule has 0 spiro atoms. The van der Waals surface area contributed by atoms with Gasteiger partial charge in [-0.2, -0.15) is 0 Å². The number of esters is 1. The molecule has 2 amide bonds. The van der Waals surface area contributed by atoms with Crippen molar-refractivity contribution in [3.8, 4) is 0 Å². The third kappa shape index (κ3) is 5.36. The van der Waals surface area contributed by atoms with Gasteiger partial charge in [-0.1, -0.05) is 27.7 Å². The van der Waals surface area contributed by atoms with Crippen molar-refractivity contribution in [2.45, 2.75) is 54.4 Å². The van der Waals surface area contributed by atoms with Crippen LogP contribution in [-0.4, -0.2) is 24.9 Å². The molecule has 0 aromatic heterocycles. The van der Waals surface area contributed by atoms with Crippen molar-refractivity contribution in [1.29, 1.82) is 0 Å². The van der Waals surface area contributed by atoms with Crippen molar-refractivity contribution >= 4 is 17.8 Å². The highest BCUT2D eigenvalue weighted by atomic mass is 16.5. The van der Waals surface area contributed by atoms with Gasteiger partial charge in [0.15, 0.2) is 0 Å². The first-order chi connectivity index (χ1) is 9.50. The predicted molar refractivity (Wildman–Crippen MR) is 79.9 cm³/mol. The zero-order valence-corrected chi connectivity index (χ0v) is 14.1. The molecule has 6 heteroatoms. The van der Waals surface area contributed by atoms with Crippen molar-refractivity contribution in [3.05, 3.63) is 0 Å². The summed E-state index contributed by atoms with van der Waals surface area (Å²) in [7, 11) is 1.33. The lowest BCUT2D eigenvalue weighted by molar-refractivity contribution is -0.154. The number of rotatable bonds is 6. The van der Waals surface area contributed by atoms with Crippen LogP contribution >= 0.6 is 0 Å². The summed E-state index contributed by atoms with van der Waals surface area (Å²) < 4.78 is 4.77. The van der Waals surface area contributed by atoms with Gasteiger partial charge in [0.25, 0.3) is 0 Å². The van der Waals surface area contributed by atoms with E-state index in [1.807, 2.05) is 6.92 Å². The van der Waals surface area contributed by atoms with E-state index in [-0.39, 0.29) is 23.7 Å². The van der Waals surface area contributed by atoms with Gasteiger partial charge < -0.3 is 4.74 Å². The molecule has 0 heterocycles. The van der Waals surface area contributed by atoms with Crippen LogP contribution in [0.1, 0.15) is 54.4 Å². The molecule has 1 atom stereocenters. The fourth-order valence-electron chi connectivity index (χ4n) is 2.10. The standard InChI is InChI=1S/C15H28N2O4/c1-8-15(6,9-14(4,5)13(20)21-7)12(19)17-16-11(18)10(2)3/h10H,8-9H2,1-7H3,(H,16,18)(H,17,19). The molecule has 1 unspecified atom stereocenters. The Balaban J connectivity index is 4.90. The van der Waals surface area contributed by atoms with Crippen molar-refractivity contribution in [3.63, 3.8) is 0 Å². The summed E-state index contributed by atoms with van der Waals surface area (Å²) in [4.78, 5) is 35.6. The molecule has 0 aromatic rings. The largest absolute Gasteiger partial charge is 0.469 e. The van der Waals surface area contributed by atoms with Crippen molar-refractivity contribution in [1.82, 2.24) is 10.9 Å². The maximum Gasteiger partial charge on any atom is 0.311 e. The Hall–Kier alpha value is -1.59. The van der Waals surface area contributed by atoms with Crippen LogP contribution in [0.5, 0.6) is 0 Å². The molecular weight excluding hydrogens is 272 g/mol. The second-order valence-electron chi connectivity index (χ2n) is 6.56. The number of hydrogen-bond donors (Lipinski definition) is 2. The van der Waals surface area contributed by atoms with Crippen molar-refractivity contribution in [2.24, 2.45) is 16.7 Å². The molecule has 0 aromatic carbocycles. The van der Waals surface area contributed by atoms with E-state index in [0.717, 1.165) is 0 Å². The molecule has 0 aliphatic heterocycles. The summed E-state index contributed by atoms with van der Waals surface area (Å²) in [6.45, 7) is 10.6. The molecule has 0 radical (unpaired) electrons. The number of amides is 2. The van der Waals surface area contributed by atoms with E-state index in [1.54, 1.807) is 34.6 Å². The predicted octanol–water partition coefficient (Wildman–Crippen LogP) is 1.80. The van der Waals surface area contributed by atoms with Gasteiger partial charge in [0, 0.05) is 11.3 Å². The molecule has 0 saturated heterocycles. The topological polar surface area (TPSA) is 84.5 Å². The van der Waals surface area contributed by atoms with Crippen LogP contribution in [0.2, 0.25) is 0 Å². The number of methoxy groups -OCH3 is 1. The lowest BCUT2D eigenvalue weighted by atomic mass is 9.72. The highest BCUT2D eigenvalue weighted by Gasteiger charge is 2.41. The van der Waals surface area contributed by atoms with E-state index in [0.29, 0.717) is 12.8 Å². The summed E-state index contributed by atoms with van der Waals surface area (Å²) in [5, 5.41) is 0. The number of hydrazine groups is 1. The number of ether oxygens (including phenoxy) is 1. The summed E-state index contributed by atoms with van der Waals surface area (Å²) in [5.41, 5.74) is 3.29. The first kappa shape index (κ1) is 19.4. The maximum absolute atomic E-state index is 12.3. The highest BCUT2D eigenvalue weighted by molar-refractivity contribution is 5.87. The number of nitrogens with one attached hydrogen (secondary N) is 2. The fourth-order valence-corrected chi connectivity index (χ4v) is 2.10. The van der Waals surface area contributed by atoms with Crippen LogP contribution in [0.25, 0.3) is 0 Å². The van der Waals surface area contributed by atoms with Crippen LogP contribution in [0.3, 0.4) is 0 Å². The SMILES string of the molecule is CCC(C)(CC(C)(C)C(=O)OC)C(=O)NNC(=O)C(C)C. The van der Waals surface area contributed by atoms with E-state index in [1.165, 1.54) is 7.11 Å². The zero-order valence-electron chi connectivity index (χ0n) is 14.1. The van der Waals surface area contributed by atoms with Gasteiger partial charge in [0.2, 0.25) is 11.8 Å². The van der Waals surface area contributed by atoms with Gasteiger partial charge in [0.1, 0.15) is 0 Å². The minimum atomic E-state index is -0.779. The maximum atomic E-state index is 12.3. The minimum absolute atomic E-state index is 0.218. The zero-order chi connectivity index (χ0) is 16.8. The molecule has 0 rings (SSSR count). The molecular formula is C15H28N2O4. The average Bonchev–Trinajstić information content (AvgIpc) is 2.42. The molecule has 0 bridgehead atoms. The molecule has 0 aliphatic rings. The Morgan fingerprint density at radius 1 is 1.10 bits per heavy atom. The molecule has 0 aliphatic carbocycles. The monoisotopic (exact) mass is 300 g/mol. The summed E-state index contributed by atoms with van der Waals surface area (Å²) >= 11 is 0. The van der Waals surface area contributed by atoms with E-state index in [4.69, 9.17) is 4.74 Å². The first-order valence-corrected chi connectivity index (χ1v) is 7.19. The lowest BCUT2D eigenvalue weighted by Gasteiger charge is -2.34. The second-order valence-corrected chi connectivity index (χ2v) is 6.56. The van der Waals surface area contributed by atoms with Gasteiger partial charge in [-0.15, -0.1) is 0 Å². The molecule has 2 N–H and O–H groups in total. The van der Waals surface area contributed by atoms with E-state index >= 15 is 0 Å². The molecule has 6 nitrogen and oxygen atoms in total. The molecule has 0 fully saturated rings.